The SMILES string of the molecule is CCN(CC)CCNC(=O)c1cc(I)cc2c(=O)c3ccccc3[nH]c12. The number of nitrogens with zero attached hydrogens (tertiary/aromatic N) is 1. The van der Waals surface area contributed by atoms with Crippen molar-refractivity contribution >= 4 is 50.3 Å². The van der Waals surface area contributed by atoms with Gasteiger partial charge in [0.25, 0.3) is 5.91 Å². The third-order valence-electron chi connectivity index (χ3n) is 4.63. The number of carbonyl (C=O) groups excluding carboxylic acids is 1. The molecule has 0 aliphatic heterocycles. The first kappa shape index (κ1) is 18.8. The van der Waals surface area contributed by atoms with Crippen molar-refractivity contribution in [2.24, 2.45) is 0 Å². The van der Waals surface area contributed by atoms with Gasteiger partial charge in [-0.3, -0.25) is 9.59 Å². The molecule has 6 heteroatoms. The van der Waals surface area contributed by atoms with Gasteiger partial charge < -0.3 is 15.2 Å². The van der Waals surface area contributed by atoms with E-state index >= 15 is 0 Å². The lowest BCUT2D eigenvalue weighted by Gasteiger charge is -2.18. The summed E-state index contributed by atoms with van der Waals surface area (Å²) in [7, 11) is 0. The lowest BCUT2D eigenvalue weighted by Crippen LogP contribution is -2.35. The Labute approximate surface area is 165 Å². The zero-order chi connectivity index (χ0) is 18.7. The summed E-state index contributed by atoms with van der Waals surface area (Å²) in [5, 5.41) is 4.16. The number of nitrogens with one attached hydrogen (secondary N) is 2. The number of aromatic amines is 1. The molecule has 1 heterocycles. The maximum Gasteiger partial charge on any atom is 0.253 e. The Hall–Kier alpha value is -1.93. The Morgan fingerprint density at radius 2 is 1.88 bits per heavy atom. The van der Waals surface area contributed by atoms with E-state index in [0.717, 1.165) is 28.7 Å². The number of halogens is 1. The van der Waals surface area contributed by atoms with Gasteiger partial charge in [0.2, 0.25) is 0 Å². The molecular weight excluding hydrogens is 441 g/mol. The Bertz CT molecular complexity index is 1010. The Balaban J connectivity index is 2.00. The van der Waals surface area contributed by atoms with E-state index in [1.807, 2.05) is 30.3 Å². The molecule has 0 aliphatic carbocycles. The molecule has 2 aromatic carbocycles. The summed E-state index contributed by atoms with van der Waals surface area (Å²) in [5.41, 5.74) is 1.79. The van der Waals surface area contributed by atoms with Gasteiger partial charge in [-0.05, 0) is 59.9 Å². The van der Waals surface area contributed by atoms with Crippen LogP contribution >= 0.6 is 22.6 Å². The molecule has 1 amide bonds. The van der Waals surface area contributed by atoms with Crippen LogP contribution in [-0.4, -0.2) is 42.0 Å². The van der Waals surface area contributed by atoms with Crippen LogP contribution in [0.3, 0.4) is 0 Å². The van der Waals surface area contributed by atoms with Gasteiger partial charge >= 0.3 is 0 Å². The number of pyridine rings is 1. The average Bonchev–Trinajstić information content (AvgIpc) is 2.65. The number of benzene rings is 2. The van der Waals surface area contributed by atoms with Crippen LogP contribution in [0.2, 0.25) is 0 Å². The smallest absolute Gasteiger partial charge is 0.253 e. The molecule has 3 aromatic rings. The monoisotopic (exact) mass is 463 g/mol. The minimum Gasteiger partial charge on any atom is -0.354 e. The molecule has 0 saturated carbocycles. The Morgan fingerprint density at radius 1 is 1.15 bits per heavy atom. The van der Waals surface area contributed by atoms with E-state index < -0.39 is 0 Å². The van der Waals surface area contributed by atoms with E-state index in [2.05, 4.69) is 51.6 Å². The highest BCUT2D eigenvalue weighted by atomic mass is 127. The van der Waals surface area contributed by atoms with Crippen LogP contribution in [0.15, 0.2) is 41.2 Å². The van der Waals surface area contributed by atoms with Crippen molar-refractivity contribution in [1.29, 1.82) is 0 Å². The first-order chi connectivity index (χ1) is 12.5. The van der Waals surface area contributed by atoms with E-state index in [1.54, 1.807) is 6.07 Å². The fourth-order valence-corrected chi connectivity index (χ4v) is 3.75. The second kappa shape index (κ2) is 8.18. The van der Waals surface area contributed by atoms with Gasteiger partial charge in [0, 0.05) is 32.9 Å². The van der Waals surface area contributed by atoms with Crippen molar-refractivity contribution in [2.75, 3.05) is 26.2 Å². The van der Waals surface area contributed by atoms with E-state index in [0.29, 0.717) is 28.4 Å². The molecule has 0 bridgehead atoms. The molecule has 3 rings (SSSR count). The second-order valence-electron chi connectivity index (χ2n) is 6.16. The molecule has 1 aromatic heterocycles. The van der Waals surface area contributed by atoms with Gasteiger partial charge in [-0.25, -0.2) is 0 Å². The normalized spacial score (nSPS) is 11.4. The van der Waals surface area contributed by atoms with Crippen LogP contribution in [0.4, 0.5) is 0 Å². The van der Waals surface area contributed by atoms with Crippen molar-refractivity contribution in [3.63, 3.8) is 0 Å². The largest absolute Gasteiger partial charge is 0.354 e. The molecule has 0 atom stereocenters. The van der Waals surface area contributed by atoms with Gasteiger partial charge in [-0.1, -0.05) is 26.0 Å². The molecule has 2 N–H and O–H groups in total. The predicted octanol–water partition coefficient (Wildman–Crippen LogP) is 3.36. The highest BCUT2D eigenvalue weighted by Gasteiger charge is 2.15. The molecule has 26 heavy (non-hydrogen) atoms. The van der Waals surface area contributed by atoms with Crippen molar-refractivity contribution in [2.45, 2.75) is 13.8 Å². The molecule has 0 radical (unpaired) electrons. The number of hydrogen-bond acceptors (Lipinski definition) is 3. The maximum atomic E-state index is 12.8. The van der Waals surface area contributed by atoms with E-state index in [4.69, 9.17) is 0 Å². The van der Waals surface area contributed by atoms with Gasteiger partial charge in [-0.15, -0.1) is 0 Å². The fraction of sp³-hybridized carbons (Fsp3) is 0.300. The van der Waals surface area contributed by atoms with Crippen LogP contribution in [0, 0.1) is 3.57 Å². The van der Waals surface area contributed by atoms with Gasteiger partial charge in [0.15, 0.2) is 5.43 Å². The Morgan fingerprint density at radius 3 is 2.62 bits per heavy atom. The number of fused-ring (bicyclic) bond motifs is 2. The third kappa shape index (κ3) is 3.76. The molecule has 0 unspecified atom stereocenters. The van der Waals surface area contributed by atoms with Crippen molar-refractivity contribution in [1.82, 2.24) is 15.2 Å². The zero-order valence-corrected chi connectivity index (χ0v) is 17.1. The number of amides is 1. The van der Waals surface area contributed by atoms with Crippen LogP contribution in [0.5, 0.6) is 0 Å². The topological polar surface area (TPSA) is 65.2 Å². The number of carbonyl (C=O) groups is 1. The number of likely N-dealkylation sites (N-methyl/N-ethyl adjacent to an activating group) is 1. The summed E-state index contributed by atoms with van der Waals surface area (Å²) in [6.07, 6.45) is 0. The van der Waals surface area contributed by atoms with Crippen LogP contribution in [0.25, 0.3) is 21.8 Å². The van der Waals surface area contributed by atoms with Crippen molar-refractivity contribution in [3.05, 3.63) is 55.8 Å². The number of rotatable bonds is 6. The number of para-hydroxylation sites is 1. The molecule has 5 nitrogen and oxygen atoms in total. The van der Waals surface area contributed by atoms with Crippen molar-refractivity contribution in [3.8, 4) is 0 Å². The summed E-state index contributed by atoms with van der Waals surface area (Å²) >= 11 is 2.15. The summed E-state index contributed by atoms with van der Waals surface area (Å²) in [6, 6.07) is 11.0. The highest BCUT2D eigenvalue weighted by Crippen LogP contribution is 2.21. The lowest BCUT2D eigenvalue weighted by atomic mass is 10.1. The number of aromatic nitrogens is 1. The fourth-order valence-electron chi connectivity index (χ4n) is 3.13. The number of hydrogen-bond donors (Lipinski definition) is 2. The molecule has 0 spiro atoms. The quantitative estimate of drug-likeness (QED) is 0.436. The molecule has 0 fully saturated rings. The molecule has 0 saturated heterocycles. The van der Waals surface area contributed by atoms with E-state index in [9.17, 15) is 9.59 Å². The van der Waals surface area contributed by atoms with E-state index in [-0.39, 0.29) is 11.3 Å². The maximum absolute atomic E-state index is 12.8. The highest BCUT2D eigenvalue weighted by molar-refractivity contribution is 14.1. The first-order valence-electron chi connectivity index (χ1n) is 8.80. The molecular formula is C20H22IN3O2. The third-order valence-corrected chi connectivity index (χ3v) is 5.25. The molecule has 136 valence electrons. The summed E-state index contributed by atoms with van der Waals surface area (Å²) in [6.45, 7) is 7.50. The van der Waals surface area contributed by atoms with Crippen LogP contribution in [0.1, 0.15) is 24.2 Å². The van der Waals surface area contributed by atoms with Crippen LogP contribution < -0.4 is 10.7 Å². The summed E-state index contributed by atoms with van der Waals surface area (Å²) < 4.78 is 0.866. The average molecular weight is 463 g/mol. The standard InChI is InChI=1S/C20H22IN3O2/c1-3-24(4-2)10-9-22-20(26)16-12-13(21)11-15-18(16)23-17-8-6-5-7-14(17)19(15)25/h5-8,11-12H,3-4,9-10H2,1-2H3,(H,22,26)(H,23,25). The summed E-state index contributed by atoms with van der Waals surface area (Å²) in [5.74, 6) is -0.161. The number of H-pyrrole nitrogens is 1. The zero-order valence-electron chi connectivity index (χ0n) is 14.9. The lowest BCUT2D eigenvalue weighted by molar-refractivity contribution is 0.0950. The van der Waals surface area contributed by atoms with Crippen molar-refractivity contribution < 1.29 is 4.79 Å². The van der Waals surface area contributed by atoms with Gasteiger partial charge in [0.1, 0.15) is 0 Å². The first-order valence-corrected chi connectivity index (χ1v) is 9.87. The Kier molecular flexibility index (Phi) is 5.93. The predicted molar refractivity (Wildman–Crippen MR) is 115 cm³/mol. The molecule has 0 aliphatic rings. The second-order valence-corrected chi connectivity index (χ2v) is 7.40. The minimum atomic E-state index is -0.161. The van der Waals surface area contributed by atoms with Crippen LogP contribution in [-0.2, 0) is 0 Å². The van der Waals surface area contributed by atoms with Gasteiger partial charge in [0.05, 0.1) is 11.1 Å². The van der Waals surface area contributed by atoms with E-state index in [1.165, 1.54) is 0 Å². The summed E-state index contributed by atoms with van der Waals surface area (Å²) in [4.78, 5) is 31.1. The minimum absolute atomic E-state index is 0.0509. The van der Waals surface area contributed by atoms with Gasteiger partial charge in [-0.2, -0.15) is 0 Å².